The number of hydrogen-bond donors (Lipinski definition) is 3. The van der Waals surface area contributed by atoms with Crippen molar-refractivity contribution in [2.45, 2.75) is 31.3 Å². The molecule has 0 fully saturated rings. The zero-order valence-corrected chi connectivity index (χ0v) is 11.6. The molecule has 6 nitrogen and oxygen atoms in total. The van der Waals surface area contributed by atoms with Crippen LogP contribution in [0.1, 0.15) is 29.8 Å². The molecule has 0 heterocycles. The topological polar surface area (TPSA) is 104 Å². The maximum Gasteiger partial charge on any atom is 0.335 e. The number of carboxylic acid groups (broad SMARTS) is 1. The highest BCUT2D eigenvalue weighted by Gasteiger charge is 2.20. The third-order valence-electron chi connectivity index (χ3n) is 2.55. The smallest absolute Gasteiger partial charge is 0.335 e. The summed E-state index contributed by atoms with van der Waals surface area (Å²) in [5.41, 5.74) is 0.442. The van der Waals surface area contributed by atoms with E-state index >= 15 is 0 Å². The first-order chi connectivity index (χ1) is 8.77. The molecule has 106 valence electrons. The van der Waals surface area contributed by atoms with E-state index < -0.39 is 22.1 Å². The maximum absolute atomic E-state index is 12.1. The number of hydrogen-bond acceptors (Lipinski definition) is 4. The number of aliphatic hydroxyl groups is 1. The van der Waals surface area contributed by atoms with Gasteiger partial charge in [0.25, 0.3) is 0 Å². The Labute approximate surface area is 112 Å². The van der Waals surface area contributed by atoms with Crippen LogP contribution in [0.4, 0.5) is 0 Å². The SMILES string of the molecule is CCc1ccc(C(=O)O)cc1S(=O)(=O)NC[C@@H](C)O. The molecule has 0 amide bonds. The van der Waals surface area contributed by atoms with Gasteiger partial charge in [0.2, 0.25) is 10.0 Å². The molecule has 3 N–H and O–H groups in total. The zero-order valence-electron chi connectivity index (χ0n) is 10.8. The summed E-state index contributed by atoms with van der Waals surface area (Å²) in [6, 6.07) is 3.99. The third kappa shape index (κ3) is 4.02. The lowest BCUT2D eigenvalue weighted by Gasteiger charge is -2.12. The highest BCUT2D eigenvalue weighted by atomic mass is 32.2. The van der Waals surface area contributed by atoms with Gasteiger partial charge in [-0.1, -0.05) is 13.0 Å². The van der Waals surface area contributed by atoms with Crippen molar-refractivity contribution in [1.82, 2.24) is 4.72 Å². The molecule has 1 aromatic carbocycles. The van der Waals surface area contributed by atoms with Gasteiger partial charge in [-0.15, -0.1) is 0 Å². The Bertz CT molecular complexity index is 565. The lowest BCUT2D eigenvalue weighted by molar-refractivity contribution is 0.0696. The molecular formula is C12H17NO5S. The second-order valence-electron chi connectivity index (χ2n) is 4.18. The molecule has 0 bridgehead atoms. The van der Waals surface area contributed by atoms with E-state index in [0.29, 0.717) is 12.0 Å². The van der Waals surface area contributed by atoms with Crippen molar-refractivity contribution in [2.75, 3.05) is 6.54 Å². The summed E-state index contributed by atoms with van der Waals surface area (Å²) < 4.78 is 26.4. The molecule has 0 aliphatic heterocycles. The van der Waals surface area contributed by atoms with E-state index in [1.54, 1.807) is 6.92 Å². The average molecular weight is 287 g/mol. The normalized spacial score (nSPS) is 13.2. The van der Waals surface area contributed by atoms with Crippen LogP contribution >= 0.6 is 0 Å². The summed E-state index contributed by atoms with van der Waals surface area (Å²) in [7, 11) is -3.83. The Morgan fingerprint density at radius 3 is 2.53 bits per heavy atom. The van der Waals surface area contributed by atoms with Gasteiger partial charge in [0, 0.05) is 6.54 Å². The van der Waals surface area contributed by atoms with Crippen LogP contribution in [0.25, 0.3) is 0 Å². The number of sulfonamides is 1. The molecular weight excluding hydrogens is 270 g/mol. The second kappa shape index (κ2) is 6.14. The van der Waals surface area contributed by atoms with Crippen molar-refractivity contribution >= 4 is 16.0 Å². The molecule has 1 atom stereocenters. The second-order valence-corrected chi connectivity index (χ2v) is 5.92. The Balaban J connectivity index is 3.22. The van der Waals surface area contributed by atoms with Gasteiger partial charge in [-0.25, -0.2) is 17.9 Å². The first-order valence-electron chi connectivity index (χ1n) is 5.82. The number of rotatable bonds is 6. The molecule has 1 aromatic rings. The van der Waals surface area contributed by atoms with E-state index in [1.165, 1.54) is 19.1 Å². The number of carboxylic acids is 1. The largest absolute Gasteiger partial charge is 0.478 e. The number of benzene rings is 1. The molecule has 0 aliphatic rings. The number of aliphatic hydroxyl groups excluding tert-OH is 1. The van der Waals surface area contributed by atoms with Gasteiger partial charge in [-0.05, 0) is 31.0 Å². The summed E-state index contributed by atoms with van der Waals surface area (Å²) in [5.74, 6) is -1.19. The van der Waals surface area contributed by atoms with Crippen LogP contribution in [0.3, 0.4) is 0 Å². The number of aryl methyl sites for hydroxylation is 1. The Hall–Kier alpha value is -1.44. The molecule has 0 saturated carbocycles. The highest BCUT2D eigenvalue weighted by molar-refractivity contribution is 7.89. The summed E-state index contributed by atoms with van der Waals surface area (Å²) >= 11 is 0. The molecule has 0 unspecified atom stereocenters. The van der Waals surface area contributed by atoms with Crippen molar-refractivity contribution in [2.24, 2.45) is 0 Å². The minimum Gasteiger partial charge on any atom is -0.478 e. The van der Waals surface area contributed by atoms with Gasteiger partial charge in [0.15, 0.2) is 0 Å². The van der Waals surface area contributed by atoms with E-state index in [-0.39, 0.29) is 17.0 Å². The molecule has 0 spiro atoms. The first kappa shape index (κ1) is 15.6. The lowest BCUT2D eigenvalue weighted by Crippen LogP contribution is -2.31. The van der Waals surface area contributed by atoms with E-state index in [1.807, 2.05) is 0 Å². The number of nitrogens with one attached hydrogen (secondary N) is 1. The zero-order chi connectivity index (χ0) is 14.6. The Morgan fingerprint density at radius 1 is 1.42 bits per heavy atom. The standard InChI is InChI=1S/C12H17NO5S/c1-3-9-4-5-10(12(15)16)6-11(9)19(17,18)13-7-8(2)14/h4-6,8,13-14H,3,7H2,1-2H3,(H,15,16)/t8-/m1/s1. The summed E-state index contributed by atoms with van der Waals surface area (Å²) in [6.45, 7) is 3.11. The maximum atomic E-state index is 12.1. The summed E-state index contributed by atoms with van der Waals surface area (Å²) in [6.07, 6.45) is -0.354. The number of carbonyl (C=O) groups is 1. The summed E-state index contributed by atoms with van der Waals surface area (Å²) in [5, 5.41) is 18.0. The van der Waals surface area contributed by atoms with E-state index in [9.17, 15) is 13.2 Å². The molecule has 0 aromatic heterocycles. The average Bonchev–Trinajstić information content (AvgIpc) is 2.35. The van der Waals surface area contributed by atoms with Gasteiger partial charge in [0.05, 0.1) is 16.6 Å². The quantitative estimate of drug-likeness (QED) is 0.711. The van der Waals surface area contributed by atoms with Gasteiger partial charge >= 0.3 is 5.97 Å². The van der Waals surface area contributed by atoms with Crippen LogP contribution < -0.4 is 4.72 Å². The van der Waals surface area contributed by atoms with Crippen molar-refractivity contribution in [1.29, 1.82) is 0 Å². The van der Waals surface area contributed by atoms with Gasteiger partial charge < -0.3 is 10.2 Å². The molecule has 1 rings (SSSR count). The van der Waals surface area contributed by atoms with E-state index in [0.717, 1.165) is 6.07 Å². The molecule has 7 heteroatoms. The molecule has 0 radical (unpaired) electrons. The minimum absolute atomic E-state index is 0.0597. The van der Waals surface area contributed by atoms with Gasteiger partial charge in [0.1, 0.15) is 0 Å². The molecule has 0 saturated heterocycles. The van der Waals surface area contributed by atoms with Crippen LogP contribution in [0.15, 0.2) is 23.1 Å². The Kier molecular flexibility index (Phi) is 5.04. The van der Waals surface area contributed by atoms with Crippen LogP contribution in [0.5, 0.6) is 0 Å². The van der Waals surface area contributed by atoms with Crippen LogP contribution in [-0.2, 0) is 16.4 Å². The van der Waals surface area contributed by atoms with Crippen LogP contribution in [0.2, 0.25) is 0 Å². The lowest BCUT2D eigenvalue weighted by atomic mass is 10.1. The fourth-order valence-electron chi connectivity index (χ4n) is 1.54. The van der Waals surface area contributed by atoms with Crippen LogP contribution in [0, 0.1) is 0 Å². The van der Waals surface area contributed by atoms with E-state index in [4.69, 9.17) is 10.2 Å². The van der Waals surface area contributed by atoms with Crippen molar-refractivity contribution in [3.8, 4) is 0 Å². The fourth-order valence-corrected chi connectivity index (χ4v) is 2.99. The predicted molar refractivity (Wildman–Crippen MR) is 69.6 cm³/mol. The Morgan fingerprint density at radius 2 is 2.05 bits per heavy atom. The fraction of sp³-hybridized carbons (Fsp3) is 0.417. The predicted octanol–water partition coefficient (Wildman–Crippen LogP) is 0.606. The minimum atomic E-state index is -3.83. The van der Waals surface area contributed by atoms with Crippen molar-refractivity contribution in [3.05, 3.63) is 29.3 Å². The molecule has 0 aliphatic carbocycles. The molecule has 19 heavy (non-hydrogen) atoms. The van der Waals surface area contributed by atoms with Crippen molar-refractivity contribution in [3.63, 3.8) is 0 Å². The number of aromatic carboxylic acids is 1. The van der Waals surface area contributed by atoms with Gasteiger partial charge in [-0.2, -0.15) is 0 Å². The monoisotopic (exact) mass is 287 g/mol. The van der Waals surface area contributed by atoms with Crippen molar-refractivity contribution < 1.29 is 23.4 Å². The first-order valence-corrected chi connectivity index (χ1v) is 7.30. The van der Waals surface area contributed by atoms with E-state index in [2.05, 4.69) is 4.72 Å². The summed E-state index contributed by atoms with van der Waals surface area (Å²) in [4.78, 5) is 10.8. The van der Waals surface area contributed by atoms with Gasteiger partial charge in [-0.3, -0.25) is 0 Å². The highest BCUT2D eigenvalue weighted by Crippen LogP contribution is 2.18. The van der Waals surface area contributed by atoms with Crippen LogP contribution in [-0.4, -0.2) is 37.2 Å². The third-order valence-corrected chi connectivity index (χ3v) is 4.06.